The second-order valence-corrected chi connectivity index (χ2v) is 7.79. The smallest absolute Gasteiger partial charge is 0.362 e. The van der Waals surface area contributed by atoms with Crippen LogP contribution in [-0.4, -0.2) is 23.3 Å². The van der Waals surface area contributed by atoms with Crippen LogP contribution in [0.3, 0.4) is 0 Å². The lowest BCUT2D eigenvalue weighted by atomic mass is 10.2. The molecule has 0 radical (unpaired) electrons. The molecule has 0 amide bonds. The van der Waals surface area contributed by atoms with Gasteiger partial charge in [-0.05, 0) is 36.4 Å². The van der Waals surface area contributed by atoms with Gasteiger partial charge in [0.05, 0.1) is 32.0 Å². The van der Waals surface area contributed by atoms with Crippen LogP contribution in [0.2, 0.25) is 5.02 Å². The summed E-state index contributed by atoms with van der Waals surface area (Å²) < 4.78 is 31.2. The second-order valence-electron chi connectivity index (χ2n) is 5.47. The van der Waals surface area contributed by atoms with Crippen LogP contribution in [0.25, 0.3) is 21.9 Å². The maximum absolute atomic E-state index is 13.1. The largest absolute Gasteiger partial charge is 0.464 e. The highest BCUT2D eigenvalue weighted by Crippen LogP contribution is 2.30. The molecule has 26 heavy (non-hydrogen) atoms. The number of hydrogen-bond donors (Lipinski definition) is 2. The van der Waals surface area contributed by atoms with E-state index in [1.54, 1.807) is 6.07 Å². The Morgan fingerprint density at radius 1 is 1.12 bits per heavy atom. The third kappa shape index (κ3) is 2.25. The predicted octanol–water partition coefficient (Wildman–Crippen LogP) is 2.16. The van der Waals surface area contributed by atoms with Crippen molar-refractivity contribution in [3.8, 4) is 0 Å². The van der Waals surface area contributed by atoms with E-state index < -0.39 is 21.1 Å². The maximum atomic E-state index is 13.1. The Kier molecular flexibility index (Phi) is 3.46. The van der Waals surface area contributed by atoms with Gasteiger partial charge in [-0.1, -0.05) is 16.3 Å². The summed E-state index contributed by atoms with van der Waals surface area (Å²) in [5, 5.41) is 9.65. The summed E-state index contributed by atoms with van der Waals surface area (Å²) in [6, 6.07) is 8.29. The minimum absolute atomic E-state index is 0.0518. The molecule has 0 atom stereocenters. The number of hydrogen-bond acceptors (Lipinski definition) is 6. The molecule has 2 aromatic carbocycles. The molecule has 10 heteroatoms. The molecular weight excluding hydrogens is 384 g/mol. The number of nitrogens with one attached hydrogen (secondary N) is 1. The Balaban J connectivity index is 2.09. The highest BCUT2D eigenvalue weighted by Gasteiger charge is 2.24. The molecule has 0 bridgehead atoms. The van der Waals surface area contributed by atoms with Gasteiger partial charge in [-0.2, -0.15) is 0 Å². The number of rotatable bonds is 2. The van der Waals surface area contributed by atoms with E-state index in [-0.39, 0.29) is 30.4 Å². The molecule has 0 unspecified atom stereocenters. The first kappa shape index (κ1) is 16.4. The van der Waals surface area contributed by atoms with Crippen LogP contribution in [-0.2, 0) is 9.84 Å². The fourth-order valence-electron chi connectivity index (χ4n) is 2.71. The number of benzene rings is 2. The Bertz CT molecular complexity index is 1410. The highest BCUT2D eigenvalue weighted by molar-refractivity contribution is 7.91. The predicted molar refractivity (Wildman–Crippen MR) is 92.7 cm³/mol. The molecule has 2 heterocycles. The number of aromatic nitrogens is 2. The average molecular weight is 393 g/mol. The quantitative estimate of drug-likeness (QED) is 0.504. The van der Waals surface area contributed by atoms with Crippen molar-refractivity contribution >= 4 is 43.3 Å². The molecular formula is C16H9ClN2O6S. The summed E-state index contributed by atoms with van der Waals surface area (Å²) in [6.07, 6.45) is 1.43. The van der Waals surface area contributed by atoms with E-state index >= 15 is 0 Å². The van der Waals surface area contributed by atoms with Gasteiger partial charge in [-0.15, -0.1) is 0 Å². The summed E-state index contributed by atoms with van der Waals surface area (Å²) in [4.78, 5) is 25.7. The lowest BCUT2D eigenvalue weighted by molar-refractivity contribution is 0.162. The first-order valence-corrected chi connectivity index (χ1v) is 9.06. The van der Waals surface area contributed by atoms with Crippen molar-refractivity contribution in [2.75, 3.05) is 0 Å². The van der Waals surface area contributed by atoms with Crippen LogP contribution in [0.15, 0.2) is 66.5 Å². The number of H-pyrrole nitrogens is 1. The number of halogens is 1. The molecule has 0 saturated carbocycles. The average Bonchev–Trinajstić information content (AvgIpc) is 3.07. The van der Waals surface area contributed by atoms with Gasteiger partial charge in [-0.25, -0.2) is 13.2 Å². The second kappa shape index (κ2) is 5.48. The molecule has 0 fully saturated rings. The summed E-state index contributed by atoms with van der Waals surface area (Å²) >= 11 is 5.96. The van der Waals surface area contributed by atoms with Crippen molar-refractivity contribution in [3.05, 3.63) is 68.5 Å². The summed E-state index contributed by atoms with van der Waals surface area (Å²) in [7, 11) is -4.10. The van der Waals surface area contributed by atoms with E-state index in [9.17, 15) is 23.2 Å². The lowest BCUT2D eigenvalue weighted by Gasteiger charge is -2.09. The number of sulfone groups is 1. The summed E-state index contributed by atoms with van der Waals surface area (Å²) in [6.45, 7) is 0. The molecule has 0 saturated heterocycles. The lowest BCUT2D eigenvalue weighted by Crippen LogP contribution is -2.33. The zero-order valence-electron chi connectivity index (χ0n) is 12.8. The molecule has 4 aromatic rings. The van der Waals surface area contributed by atoms with Crippen molar-refractivity contribution in [2.45, 2.75) is 9.79 Å². The van der Waals surface area contributed by atoms with Crippen LogP contribution in [0.4, 0.5) is 0 Å². The molecule has 132 valence electrons. The molecule has 0 aliphatic carbocycles. The Morgan fingerprint density at radius 2 is 1.88 bits per heavy atom. The fourth-order valence-corrected chi connectivity index (χ4v) is 4.40. The number of nitrogens with zero attached hydrogens (tertiary/aromatic N) is 1. The SMILES string of the molecule is O=c1[nH]c2c(S(=O)(=O)c3ccc4occc4c3)ccc(Cl)c2c(=O)n1O. The van der Waals surface area contributed by atoms with Gasteiger partial charge in [0.25, 0.3) is 5.56 Å². The van der Waals surface area contributed by atoms with E-state index in [2.05, 4.69) is 4.98 Å². The molecule has 2 N–H and O–H groups in total. The highest BCUT2D eigenvalue weighted by atomic mass is 35.5. The Hall–Kier alpha value is -3.04. The molecule has 2 aromatic heterocycles. The van der Waals surface area contributed by atoms with Gasteiger partial charge >= 0.3 is 5.69 Å². The molecule has 0 spiro atoms. The fraction of sp³-hybridized carbons (Fsp3) is 0. The normalized spacial score (nSPS) is 12.0. The van der Waals surface area contributed by atoms with Gasteiger partial charge < -0.3 is 14.6 Å². The molecule has 0 aliphatic heterocycles. The van der Waals surface area contributed by atoms with Gasteiger partial charge in [-0.3, -0.25) is 4.79 Å². The molecule has 8 nitrogen and oxygen atoms in total. The third-order valence-corrected chi connectivity index (χ3v) is 6.08. The topological polar surface area (TPSA) is 122 Å². The number of fused-ring (bicyclic) bond motifs is 2. The zero-order valence-corrected chi connectivity index (χ0v) is 14.3. The van der Waals surface area contributed by atoms with E-state index in [0.717, 1.165) is 0 Å². The van der Waals surface area contributed by atoms with Crippen LogP contribution in [0.5, 0.6) is 0 Å². The minimum Gasteiger partial charge on any atom is -0.464 e. The molecule has 4 rings (SSSR count). The minimum atomic E-state index is -4.10. The number of furan rings is 1. The van der Waals surface area contributed by atoms with Gasteiger partial charge in [0, 0.05) is 5.39 Å². The summed E-state index contributed by atoms with van der Waals surface area (Å²) in [5.41, 5.74) is -2.05. The van der Waals surface area contributed by atoms with Gasteiger partial charge in [0.1, 0.15) is 5.58 Å². The Labute approximate surface area is 149 Å². The van der Waals surface area contributed by atoms with Crippen LogP contribution in [0, 0.1) is 0 Å². The first-order chi connectivity index (χ1) is 12.3. The van der Waals surface area contributed by atoms with E-state index in [1.165, 1.54) is 36.6 Å². The van der Waals surface area contributed by atoms with Gasteiger partial charge in [0.15, 0.2) is 0 Å². The van der Waals surface area contributed by atoms with Crippen LogP contribution >= 0.6 is 11.6 Å². The maximum Gasteiger partial charge on any atom is 0.362 e. The van der Waals surface area contributed by atoms with Crippen molar-refractivity contribution in [3.63, 3.8) is 0 Å². The van der Waals surface area contributed by atoms with Crippen LogP contribution in [0.1, 0.15) is 0 Å². The number of aromatic amines is 1. The van der Waals surface area contributed by atoms with Crippen molar-refractivity contribution < 1.29 is 18.0 Å². The third-order valence-electron chi connectivity index (χ3n) is 3.97. The van der Waals surface area contributed by atoms with Crippen molar-refractivity contribution in [1.82, 2.24) is 9.71 Å². The summed E-state index contributed by atoms with van der Waals surface area (Å²) in [5.74, 6) is 0. The van der Waals surface area contributed by atoms with Crippen molar-refractivity contribution in [1.29, 1.82) is 0 Å². The standard InChI is InChI=1S/C16H9ClN2O6S/c17-10-2-4-12(14-13(10)15(20)19(22)16(21)18-14)26(23,24)9-1-3-11-8(7-9)5-6-25-11/h1-7,22H,(H,18,21). The van der Waals surface area contributed by atoms with E-state index in [0.29, 0.717) is 11.0 Å². The van der Waals surface area contributed by atoms with Crippen LogP contribution < -0.4 is 11.2 Å². The monoisotopic (exact) mass is 392 g/mol. The van der Waals surface area contributed by atoms with E-state index in [4.69, 9.17) is 16.0 Å². The zero-order chi connectivity index (χ0) is 18.6. The first-order valence-electron chi connectivity index (χ1n) is 7.20. The molecule has 0 aliphatic rings. The van der Waals surface area contributed by atoms with E-state index in [1.807, 2.05) is 0 Å². The van der Waals surface area contributed by atoms with Crippen molar-refractivity contribution in [2.24, 2.45) is 0 Å². The Morgan fingerprint density at radius 3 is 2.65 bits per heavy atom. The van der Waals surface area contributed by atoms with Gasteiger partial charge in [0.2, 0.25) is 9.84 Å².